The maximum absolute atomic E-state index is 9.89. The van der Waals surface area contributed by atoms with E-state index in [0.29, 0.717) is 16.7 Å². The fourth-order valence-electron chi connectivity index (χ4n) is 8.95. The standard InChI is InChI=1S/C63H41N3/c1-2-15-42(16-3-1)55-28-13-32-60-56(29-14-31-59(55)60)49-21-10-22-50(41-49)63-65-61(47-37-33-45(34-38-47)52-27-11-19-43-17-4-6-23-51(43)52)64-62(66-63)48-39-35-46(36-40-48)54-25-8-9-26-57(54)58-30-12-20-44-18-5-7-24-53(44)58/h1-41H/i10D,21D,22D,33D,34D,37D,38D,41D. The van der Waals surface area contributed by atoms with Crippen LogP contribution in [0.15, 0.2) is 249 Å². The first-order chi connectivity index (χ1) is 36.1. The Labute approximate surface area is 395 Å². The van der Waals surface area contributed by atoms with Crippen LogP contribution >= 0.6 is 0 Å². The number of nitrogens with zero attached hydrogens (tertiary/aromatic N) is 3. The van der Waals surface area contributed by atoms with Gasteiger partial charge in [0.15, 0.2) is 17.5 Å². The van der Waals surface area contributed by atoms with Gasteiger partial charge >= 0.3 is 0 Å². The topological polar surface area (TPSA) is 38.7 Å². The average molecular weight is 848 g/mol. The largest absolute Gasteiger partial charge is 0.208 e. The molecule has 12 aromatic rings. The number of rotatable bonds is 8. The van der Waals surface area contributed by atoms with Crippen LogP contribution in [0, 0.1) is 0 Å². The van der Waals surface area contributed by atoms with E-state index in [-0.39, 0.29) is 76.0 Å². The van der Waals surface area contributed by atoms with Gasteiger partial charge in [0, 0.05) is 16.7 Å². The Morgan fingerprint density at radius 2 is 0.652 bits per heavy atom. The molecule has 0 aliphatic rings. The molecule has 0 spiro atoms. The van der Waals surface area contributed by atoms with Crippen LogP contribution in [0.4, 0.5) is 0 Å². The summed E-state index contributed by atoms with van der Waals surface area (Å²) in [6, 6.07) is 62.1. The molecule has 3 nitrogen and oxygen atoms in total. The van der Waals surface area contributed by atoms with Crippen LogP contribution in [0.5, 0.6) is 0 Å². The van der Waals surface area contributed by atoms with Crippen LogP contribution < -0.4 is 0 Å². The minimum absolute atomic E-state index is 0.0772. The smallest absolute Gasteiger partial charge is 0.164 e. The van der Waals surface area contributed by atoms with Gasteiger partial charge in [-0.05, 0) is 94.0 Å². The van der Waals surface area contributed by atoms with Gasteiger partial charge in [-0.15, -0.1) is 0 Å². The first kappa shape index (κ1) is 31.1. The van der Waals surface area contributed by atoms with Gasteiger partial charge in [-0.3, -0.25) is 0 Å². The Kier molecular flexibility index (Phi) is 7.89. The van der Waals surface area contributed by atoms with E-state index < -0.39 is 12.1 Å². The molecule has 0 saturated carbocycles. The van der Waals surface area contributed by atoms with E-state index in [0.717, 1.165) is 65.7 Å². The highest BCUT2D eigenvalue weighted by Crippen LogP contribution is 2.39. The van der Waals surface area contributed by atoms with Crippen LogP contribution in [0.3, 0.4) is 0 Å². The predicted octanol–water partition coefficient (Wildman–Crippen LogP) is 16.7. The van der Waals surface area contributed by atoms with Gasteiger partial charge in [-0.1, -0.05) is 242 Å². The SMILES string of the molecule is [2H]c1c([2H])c(-c2nc(-c3ccc(-c4ccccc4-c4cccc5ccccc45)cc3)nc(-c3c([2H])c([2H])c(-c4cccc5ccccc45)c([2H])c3[2H])n2)c([2H])c(-c2cccc3c(-c4ccccc4)cccc23)c1[2H]. The summed E-state index contributed by atoms with van der Waals surface area (Å²) < 4.78 is 75.6. The second kappa shape index (κ2) is 16.7. The molecule has 11 aromatic carbocycles. The molecule has 0 atom stereocenters. The van der Waals surface area contributed by atoms with Gasteiger partial charge < -0.3 is 0 Å². The van der Waals surface area contributed by atoms with E-state index in [2.05, 4.69) is 42.5 Å². The minimum Gasteiger partial charge on any atom is -0.208 e. The van der Waals surface area contributed by atoms with Crippen molar-refractivity contribution in [2.45, 2.75) is 0 Å². The Hall–Kier alpha value is -8.79. The van der Waals surface area contributed by atoms with Crippen LogP contribution in [-0.4, -0.2) is 15.0 Å². The second-order valence-electron chi connectivity index (χ2n) is 16.1. The molecule has 308 valence electrons. The van der Waals surface area contributed by atoms with Crippen molar-refractivity contribution in [1.29, 1.82) is 0 Å². The monoisotopic (exact) mass is 847 g/mol. The van der Waals surface area contributed by atoms with E-state index >= 15 is 0 Å². The van der Waals surface area contributed by atoms with Crippen LogP contribution in [0.2, 0.25) is 0 Å². The lowest BCUT2D eigenvalue weighted by molar-refractivity contribution is 1.07. The summed E-state index contributed by atoms with van der Waals surface area (Å²) in [5.41, 5.74) is 7.44. The third kappa shape index (κ3) is 7.19. The van der Waals surface area contributed by atoms with Crippen LogP contribution in [-0.2, 0) is 0 Å². The molecule has 0 N–H and O–H groups in total. The summed E-state index contributed by atoms with van der Waals surface area (Å²) in [5, 5.41) is 5.52. The lowest BCUT2D eigenvalue weighted by Crippen LogP contribution is -2.00. The Morgan fingerprint density at radius 1 is 0.242 bits per heavy atom. The van der Waals surface area contributed by atoms with Crippen molar-refractivity contribution < 1.29 is 11.0 Å². The van der Waals surface area contributed by atoms with Crippen LogP contribution in [0.1, 0.15) is 11.0 Å². The molecule has 0 aliphatic heterocycles. The summed E-state index contributed by atoms with van der Waals surface area (Å²) in [7, 11) is 0. The first-order valence-electron chi connectivity index (χ1n) is 25.8. The molecule has 0 aliphatic carbocycles. The maximum atomic E-state index is 9.89. The highest BCUT2D eigenvalue weighted by atomic mass is 15.0. The molecule has 66 heavy (non-hydrogen) atoms. The molecule has 0 bridgehead atoms. The highest BCUT2D eigenvalue weighted by molar-refractivity contribution is 6.05. The van der Waals surface area contributed by atoms with Gasteiger partial charge in [0.1, 0.15) is 0 Å². The van der Waals surface area contributed by atoms with E-state index in [4.69, 9.17) is 15.0 Å². The molecular formula is C63H41N3. The number of benzene rings is 11. The van der Waals surface area contributed by atoms with E-state index in [1.807, 2.05) is 146 Å². The number of aromatic nitrogens is 3. The van der Waals surface area contributed by atoms with Gasteiger partial charge in [-0.2, -0.15) is 0 Å². The highest BCUT2D eigenvalue weighted by Gasteiger charge is 2.17. The third-order valence-electron chi connectivity index (χ3n) is 12.1. The number of fused-ring (bicyclic) bond motifs is 3. The normalized spacial score (nSPS) is 13.0. The lowest BCUT2D eigenvalue weighted by atomic mass is 9.91. The fraction of sp³-hybridized carbons (Fsp3) is 0. The molecule has 1 heterocycles. The summed E-state index contributed by atoms with van der Waals surface area (Å²) in [5.74, 6) is -0.329. The van der Waals surface area contributed by atoms with Crippen molar-refractivity contribution in [3.05, 3.63) is 249 Å². The zero-order valence-electron chi connectivity index (χ0n) is 43.4. The molecule has 12 rings (SSSR count). The van der Waals surface area contributed by atoms with Gasteiger partial charge in [0.25, 0.3) is 0 Å². The summed E-state index contributed by atoms with van der Waals surface area (Å²) in [6.45, 7) is 0. The average Bonchev–Trinajstić information content (AvgIpc) is 3.44. The van der Waals surface area contributed by atoms with Crippen molar-refractivity contribution in [3.8, 4) is 89.8 Å². The number of hydrogen-bond acceptors (Lipinski definition) is 3. The summed E-state index contributed by atoms with van der Waals surface area (Å²) >= 11 is 0. The molecule has 0 amide bonds. The van der Waals surface area contributed by atoms with Crippen molar-refractivity contribution >= 4 is 32.3 Å². The van der Waals surface area contributed by atoms with Gasteiger partial charge in [0.05, 0.1) is 11.0 Å². The lowest BCUT2D eigenvalue weighted by Gasteiger charge is -2.14. The maximum Gasteiger partial charge on any atom is 0.164 e. The van der Waals surface area contributed by atoms with E-state index in [1.165, 1.54) is 0 Å². The van der Waals surface area contributed by atoms with Crippen molar-refractivity contribution in [2.75, 3.05) is 0 Å². The minimum atomic E-state index is -0.455. The predicted molar refractivity (Wildman–Crippen MR) is 276 cm³/mol. The van der Waals surface area contributed by atoms with Gasteiger partial charge in [-0.25, -0.2) is 15.0 Å². The first-order valence-corrected chi connectivity index (χ1v) is 21.8. The molecule has 3 heteroatoms. The summed E-state index contributed by atoms with van der Waals surface area (Å²) in [4.78, 5) is 14.6. The molecule has 1 aromatic heterocycles. The summed E-state index contributed by atoms with van der Waals surface area (Å²) in [6.07, 6.45) is 0. The molecular weight excluding hydrogens is 799 g/mol. The third-order valence-corrected chi connectivity index (χ3v) is 12.1. The van der Waals surface area contributed by atoms with Crippen molar-refractivity contribution in [3.63, 3.8) is 0 Å². The van der Waals surface area contributed by atoms with Gasteiger partial charge in [0.2, 0.25) is 0 Å². The van der Waals surface area contributed by atoms with E-state index in [1.54, 1.807) is 12.1 Å². The Bertz CT molecular complexity index is 4200. The Balaban J connectivity index is 1.06. The molecule has 0 unspecified atom stereocenters. The molecule has 0 saturated heterocycles. The molecule has 0 radical (unpaired) electrons. The van der Waals surface area contributed by atoms with Crippen molar-refractivity contribution in [1.82, 2.24) is 15.0 Å². The Morgan fingerprint density at radius 3 is 1.33 bits per heavy atom. The van der Waals surface area contributed by atoms with Crippen molar-refractivity contribution in [2.24, 2.45) is 0 Å². The second-order valence-corrected chi connectivity index (χ2v) is 16.1. The fourth-order valence-corrected chi connectivity index (χ4v) is 8.95. The van der Waals surface area contributed by atoms with E-state index in [9.17, 15) is 11.0 Å². The zero-order valence-corrected chi connectivity index (χ0v) is 35.4. The number of hydrogen-bond donors (Lipinski definition) is 0. The quantitative estimate of drug-likeness (QED) is 0.153. The zero-order chi connectivity index (χ0) is 50.8. The molecule has 0 fully saturated rings. The van der Waals surface area contributed by atoms with Crippen LogP contribution in [0.25, 0.3) is 122 Å².